The summed E-state index contributed by atoms with van der Waals surface area (Å²) in [6, 6.07) is 3.51. The molecule has 0 saturated carbocycles. The molecular formula is C14H21BN2O4. The first-order valence-electron chi connectivity index (χ1n) is 6.81. The quantitative estimate of drug-likeness (QED) is 0.819. The predicted octanol–water partition coefficient (Wildman–Crippen LogP) is 0.554. The molecule has 21 heavy (non-hydrogen) atoms. The van der Waals surface area contributed by atoms with Crippen molar-refractivity contribution in [3.05, 3.63) is 24.0 Å². The summed E-state index contributed by atoms with van der Waals surface area (Å²) in [5, 5.41) is 0. The molecule has 1 atom stereocenters. The number of primary amides is 1. The third-order valence-corrected chi connectivity index (χ3v) is 4.09. The third kappa shape index (κ3) is 2.95. The van der Waals surface area contributed by atoms with Gasteiger partial charge in [-0.3, -0.25) is 9.78 Å². The minimum Gasteiger partial charge on any atom is -0.399 e. The van der Waals surface area contributed by atoms with E-state index in [2.05, 4.69) is 4.98 Å². The van der Waals surface area contributed by atoms with Gasteiger partial charge in [0.05, 0.1) is 16.9 Å². The largest absolute Gasteiger partial charge is 0.494 e. The van der Waals surface area contributed by atoms with Gasteiger partial charge in [0.25, 0.3) is 5.91 Å². The number of pyridine rings is 1. The average molecular weight is 292 g/mol. The Morgan fingerprint density at radius 1 is 1.33 bits per heavy atom. The van der Waals surface area contributed by atoms with Gasteiger partial charge < -0.3 is 19.8 Å². The van der Waals surface area contributed by atoms with Crippen LogP contribution in [0.25, 0.3) is 0 Å². The highest BCUT2D eigenvalue weighted by Gasteiger charge is 2.51. The van der Waals surface area contributed by atoms with E-state index in [1.807, 2.05) is 27.7 Å². The second-order valence-corrected chi connectivity index (χ2v) is 6.12. The Bertz CT molecular complexity index is 532. The van der Waals surface area contributed by atoms with E-state index in [-0.39, 0.29) is 0 Å². The summed E-state index contributed by atoms with van der Waals surface area (Å²) in [6.07, 6.45) is 0.706. The zero-order valence-electron chi connectivity index (χ0n) is 13.0. The Morgan fingerprint density at radius 2 is 1.90 bits per heavy atom. The van der Waals surface area contributed by atoms with Crippen molar-refractivity contribution >= 4 is 18.5 Å². The van der Waals surface area contributed by atoms with E-state index < -0.39 is 30.3 Å². The van der Waals surface area contributed by atoms with Crippen LogP contribution in [0, 0.1) is 0 Å². The lowest BCUT2D eigenvalue weighted by Gasteiger charge is -2.32. The molecule has 0 bridgehead atoms. The molecule has 0 aromatic carbocycles. The summed E-state index contributed by atoms with van der Waals surface area (Å²) in [6.45, 7) is 7.93. The highest BCUT2D eigenvalue weighted by Crippen LogP contribution is 2.36. The number of carbonyl (C=O) groups is 1. The van der Waals surface area contributed by atoms with Gasteiger partial charge in [0.1, 0.15) is 0 Å². The summed E-state index contributed by atoms with van der Waals surface area (Å²) >= 11 is 0. The van der Waals surface area contributed by atoms with Crippen LogP contribution < -0.4 is 11.2 Å². The summed E-state index contributed by atoms with van der Waals surface area (Å²) in [5.74, 6) is -0.587. The first-order valence-corrected chi connectivity index (χ1v) is 6.81. The minimum absolute atomic E-state index is 0.425. The van der Waals surface area contributed by atoms with E-state index in [0.29, 0.717) is 5.69 Å². The number of amides is 1. The second-order valence-electron chi connectivity index (χ2n) is 6.12. The number of hydrogen-bond acceptors (Lipinski definition) is 5. The van der Waals surface area contributed by atoms with Crippen LogP contribution in [0.2, 0.25) is 0 Å². The highest BCUT2D eigenvalue weighted by molar-refractivity contribution is 6.62. The maximum Gasteiger partial charge on any atom is 0.494 e. The molecule has 0 radical (unpaired) electrons. The van der Waals surface area contributed by atoms with Crippen LogP contribution in [0.3, 0.4) is 0 Å². The number of nitrogens with zero attached hydrogens (tertiary/aromatic N) is 1. The molecule has 1 aromatic rings. The van der Waals surface area contributed by atoms with Crippen molar-refractivity contribution in [3.63, 3.8) is 0 Å². The van der Waals surface area contributed by atoms with E-state index in [9.17, 15) is 4.79 Å². The minimum atomic E-state index is -0.882. The van der Waals surface area contributed by atoms with Crippen LogP contribution in [0.1, 0.15) is 39.5 Å². The fourth-order valence-corrected chi connectivity index (χ4v) is 2.12. The molecule has 1 aromatic heterocycles. The normalized spacial score (nSPS) is 21.3. The van der Waals surface area contributed by atoms with Crippen molar-refractivity contribution in [3.8, 4) is 0 Å². The van der Waals surface area contributed by atoms with Crippen LogP contribution in [-0.2, 0) is 18.8 Å². The first kappa shape index (κ1) is 15.9. The first-order chi connectivity index (χ1) is 9.68. The van der Waals surface area contributed by atoms with Gasteiger partial charge in [-0.15, -0.1) is 0 Å². The molecule has 0 spiro atoms. The summed E-state index contributed by atoms with van der Waals surface area (Å²) in [4.78, 5) is 15.5. The van der Waals surface area contributed by atoms with Crippen LogP contribution in [0.4, 0.5) is 0 Å². The average Bonchev–Trinajstić information content (AvgIpc) is 2.59. The van der Waals surface area contributed by atoms with Crippen LogP contribution in [0.5, 0.6) is 0 Å². The Balaban J connectivity index is 2.29. The Labute approximate surface area is 125 Å². The van der Waals surface area contributed by atoms with Gasteiger partial charge in [0.15, 0.2) is 6.10 Å². The zero-order valence-corrected chi connectivity index (χ0v) is 13.0. The monoisotopic (exact) mass is 292 g/mol. The lowest BCUT2D eigenvalue weighted by molar-refractivity contribution is -0.128. The second kappa shape index (κ2) is 5.40. The van der Waals surface area contributed by atoms with E-state index in [0.717, 1.165) is 5.46 Å². The van der Waals surface area contributed by atoms with Gasteiger partial charge in [-0.1, -0.05) is 0 Å². The summed E-state index contributed by atoms with van der Waals surface area (Å²) in [7, 11) is 0.903. The van der Waals surface area contributed by atoms with Crippen LogP contribution >= 0.6 is 0 Å². The molecule has 0 aliphatic carbocycles. The number of ether oxygens (including phenoxy) is 1. The summed E-state index contributed by atoms with van der Waals surface area (Å²) < 4.78 is 17.0. The molecule has 1 fully saturated rings. The summed E-state index contributed by atoms with van der Waals surface area (Å²) in [5.41, 5.74) is 5.67. The molecule has 1 aliphatic rings. The van der Waals surface area contributed by atoms with Gasteiger partial charge in [-0.05, 0) is 45.3 Å². The van der Waals surface area contributed by atoms with Crippen molar-refractivity contribution in [2.24, 2.45) is 5.73 Å². The van der Waals surface area contributed by atoms with Gasteiger partial charge in [0.2, 0.25) is 0 Å². The van der Waals surface area contributed by atoms with Crippen LogP contribution in [0.15, 0.2) is 18.3 Å². The number of carbonyl (C=O) groups excluding carboxylic acids is 1. The molecular weight excluding hydrogens is 271 g/mol. The van der Waals surface area contributed by atoms with E-state index in [4.69, 9.17) is 19.8 Å². The predicted molar refractivity (Wildman–Crippen MR) is 78.9 cm³/mol. The van der Waals surface area contributed by atoms with E-state index in [1.165, 1.54) is 7.11 Å². The van der Waals surface area contributed by atoms with Gasteiger partial charge in [0, 0.05) is 13.3 Å². The molecule has 1 saturated heterocycles. The third-order valence-electron chi connectivity index (χ3n) is 4.09. The molecule has 7 heteroatoms. The van der Waals surface area contributed by atoms with E-state index in [1.54, 1.807) is 18.3 Å². The number of aromatic nitrogens is 1. The van der Waals surface area contributed by atoms with Crippen molar-refractivity contribution < 1.29 is 18.8 Å². The van der Waals surface area contributed by atoms with Gasteiger partial charge in [-0.25, -0.2) is 0 Å². The zero-order chi connectivity index (χ0) is 15.8. The Hall–Kier alpha value is -1.44. The molecule has 2 N–H and O–H groups in total. The number of hydrogen-bond donors (Lipinski definition) is 1. The number of rotatable bonds is 4. The topological polar surface area (TPSA) is 83.7 Å². The number of nitrogens with two attached hydrogens (primary N) is 1. The maximum absolute atomic E-state index is 11.4. The van der Waals surface area contributed by atoms with Crippen molar-refractivity contribution in [1.29, 1.82) is 0 Å². The van der Waals surface area contributed by atoms with Gasteiger partial charge in [-0.2, -0.15) is 0 Å². The fourth-order valence-electron chi connectivity index (χ4n) is 2.12. The highest BCUT2D eigenvalue weighted by atomic mass is 16.7. The SMILES string of the molecule is COC(C(N)=O)c1cc(B2OC(C)(C)C(C)(C)O2)ccn1. The number of methoxy groups -OCH3 is 1. The lowest BCUT2D eigenvalue weighted by atomic mass is 9.79. The standard InChI is InChI=1S/C14H21BN2O4/c1-13(2)14(3,4)21-15(20-13)9-6-7-17-10(8-9)11(19-5)12(16)18/h6-8,11H,1-5H3,(H2,16,18). The molecule has 1 unspecified atom stereocenters. The molecule has 2 rings (SSSR count). The van der Waals surface area contributed by atoms with Crippen molar-refractivity contribution in [2.45, 2.75) is 45.0 Å². The lowest BCUT2D eigenvalue weighted by Crippen LogP contribution is -2.41. The van der Waals surface area contributed by atoms with Crippen molar-refractivity contribution in [2.75, 3.05) is 7.11 Å². The van der Waals surface area contributed by atoms with Gasteiger partial charge >= 0.3 is 7.12 Å². The molecule has 1 amide bonds. The molecule has 2 heterocycles. The smallest absolute Gasteiger partial charge is 0.399 e. The van der Waals surface area contributed by atoms with E-state index >= 15 is 0 Å². The Morgan fingerprint density at radius 3 is 2.38 bits per heavy atom. The molecule has 114 valence electrons. The van der Waals surface area contributed by atoms with Crippen LogP contribution in [-0.4, -0.2) is 36.3 Å². The molecule has 1 aliphatic heterocycles. The Kier molecular flexibility index (Phi) is 4.10. The fraction of sp³-hybridized carbons (Fsp3) is 0.571. The maximum atomic E-state index is 11.4. The molecule has 6 nitrogen and oxygen atoms in total. The van der Waals surface area contributed by atoms with Crippen molar-refractivity contribution in [1.82, 2.24) is 4.98 Å².